The lowest BCUT2D eigenvalue weighted by Crippen LogP contribution is -3.05. The van der Waals surface area contributed by atoms with Gasteiger partial charge in [0.15, 0.2) is 11.5 Å². The third-order valence-corrected chi connectivity index (χ3v) is 6.80. The van der Waals surface area contributed by atoms with E-state index in [0.29, 0.717) is 36.4 Å². The Balaban J connectivity index is 1.71. The fourth-order valence-corrected chi connectivity index (χ4v) is 4.76. The molecule has 1 saturated heterocycles. The predicted octanol–water partition coefficient (Wildman–Crippen LogP) is 2.05. The normalized spacial score (nSPS) is 16.6. The van der Waals surface area contributed by atoms with Gasteiger partial charge in [0.25, 0.3) is 5.91 Å². The third kappa shape index (κ3) is 6.07. The fourth-order valence-electron chi connectivity index (χ4n) is 4.76. The summed E-state index contributed by atoms with van der Waals surface area (Å²) in [6.07, 6.45) is 0.654. The number of aryl methyl sites for hydroxylation is 1. The zero-order chi connectivity index (χ0) is 28.1. The summed E-state index contributed by atoms with van der Waals surface area (Å²) >= 11 is 0. The standard InChI is InChI=1S/C31H34N2O6/c1-20-17-23(12-14-25(20)39-19-21-9-6-5-7-10-21)29(35)27-28(22-11-13-24(34)26(18-22)38-4)33(31(37)30(27)36)16-8-15-32(2)3/h5-7,9-14,17-18,28,34-35H,8,15-16,19H2,1-4H3/b29-27+. The Bertz CT molecular complexity index is 1380. The number of phenolic OH excluding ortho intramolecular Hbond substituents is 1. The molecule has 1 amide bonds. The number of hydrogen-bond acceptors (Lipinski definition) is 6. The van der Waals surface area contributed by atoms with Crippen LogP contribution in [-0.2, 0) is 16.2 Å². The van der Waals surface area contributed by atoms with Crippen molar-refractivity contribution < 1.29 is 34.2 Å². The summed E-state index contributed by atoms with van der Waals surface area (Å²) < 4.78 is 11.2. The molecule has 0 saturated carbocycles. The maximum absolute atomic E-state index is 13.8. The van der Waals surface area contributed by atoms with Crippen molar-refractivity contribution in [2.75, 3.05) is 34.3 Å². The number of likely N-dealkylation sites (tertiary alicyclic amines) is 1. The molecule has 39 heavy (non-hydrogen) atoms. The van der Waals surface area contributed by atoms with Crippen LogP contribution in [0.3, 0.4) is 0 Å². The van der Waals surface area contributed by atoms with Gasteiger partial charge >= 0.3 is 0 Å². The van der Waals surface area contributed by atoms with E-state index in [2.05, 4.69) is 0 Å². The summed E-state index contributed by atoms with van der Waals surface area (Å²) in [6.45, 7) is 3.32. The van der Waals surface area contributed by atoms with E-state index in [1.807, 2.05) is 51.4 Å². The molecule has 0 radical (unpaired) electrons. The van der Waals surface area contributed by atoms with Crippen LogP contribution in [0.2, 0.25) is 0 Å². The molecule has 3 aromatic rings. The highest BCUT2D eigenvalue weighted by Crippen LogP contribution is 2.41. The van der Waals surface area contributed by atoms with Crippen molar-refractivity contribution in [3.63, 3.8) is 0 Å². The quantitative estimate of drug-likeness (QED) is 0.236. The number of hydrogen-bond donors (Lipinski definition) is 2. The lowest BCUT2D eigenvalue weighted by atomic mass is 9.94. The average molecular weight is 531 g/mol. The number of quaternary nitrogens is 1. The van der Waals surface area contributed by atoms with Gasteiger partial charge in [-0.05, 0) is 53.4 Å². The molecule has 1 fully saturated rings. The molecule has 0 aromatic heterocycles. The van der Waals surface area contributed by atoms with Crippen LogP contribution in [0, 0.1) is 6.92 Å². The number of aromatic hydroxyl groups is 1. The second kappa shape index (κ2) is 12.0. The number of Topliss-reactive ketones (excluding diaryl/α,β-unsaturated/α-hetero) is 1. The van der Waals surface area contributed by atoms with Gasteiger partial charge in [-0.25, -0.2) is 0 Å². The van der Waals surface area contributed by atoms with E-state index < -0.39 is 23.5 Å². The molecule has 0 spiro atoms. The van der Waals surface area contributed by atoms with Gasteiger partial charge in [-0.2, -0.15) is 0 Å². The largest absolute Gasteiger partial charge is 0.872 e. The Labute approximate surface area is 228 Å². The minimum atomic E-state index is -0.890. The summed E-state index contributed by atoms with van der Waals surface area (Å²) in [5, 5.41) is 23.9. The highest BCUT2D eigenvalue weighted by Gasteiger charge is 2.44. The minimum Gasteiger partial charge on any atom is -0.872 e. The van der Waals surface area contributed by atoms with Crippen molar-refractivity contribution in [1.29, 1.82) is 0 Å². The number of amides is 1. The van der Waals surface area contributed by atoms with Crippen LogP contribution in [-0.4, -0.2) is 56.0 Å². The number of ether oxygens (including phenoxy) is 2. The molecule has 0 aliphatic carbocycles. The summed E-state index contributed by atoms with van der Waals surface area (Å²) in [5.74, 6) is -1.28. The van der Waals surface area contributed by atoms with E-state index >= 15 is 0 Å². The number of phenols is 1. The predicted molar refractivity (Wildman–Crippen MR) is 145 cm³/mol. The molecule has 8 nitrogen and oxygen atoms in total. The Hall–Kier alpha value is -4.30. The number of ketones is 1. The smallest absolute Gasteiger partial charge is 0.295 e. The van der Waals surface area contributed by atoms with Gasteiger partial charge in [-0.15, -0.1) is 0 Å². The van der Waals surface area contributed by atoms with Crippen LogP contribution in [0.5, 0.6) is 17.2 Å². The minimum absolute atomic E-state index is 0.0748. The lowest BCUT2D eigenvalue weighted by molar-refractivity contribution is -0.858. The molecule has 1 aliphatic heterocycles. The number of carbonyl (C=O) groups excluding carboxylic acids is 2. The van der Waals surface area contributed by atoms with Crippen molar-refractivity contribution in [3.05, 3.63) is 94.6 Å². The summed E-state index contributed by atoms with van der Waals surface area (Å²) in [5.41, 5.74) is 2.46. The number of rotatable bonds is 10. The van der Waals surface area contributed by atoms with Gasteiger partial charge in [0.1, 0.15) is 12.4 Å². The summed E-state index contributed by atoms with van der Waals surface area (Å²) in [4.78, 5) is 29.1. The zero-order valence-corrected chi connectivity index (χ0v) is 22.7. The molecule has 1 heterocycles. The monoisotopic (exact) mass is 530 g/mol. The average Bonchev–Trinajstić information content (AvgIpc) is 3.17. The summed E-state index contributed by atoms with van der Waals surface area (Å²) in [6, 6.07) is 18.5. The molecule has 4 rings (SSSR count). The second-order valence-corrected chi connectivity index (χ2v) is 9.97. The maximum Gasteiger partial charge on any atom is 0.295 e. The molecule has 0 bridgehead atoms. The highest BCUT2D eigenvalue weighted by atomic mass is 16.5. The van der Waals surface area contributed by atoms with E-state index in [1.54, 1.807) is 30.3 Å². The molecule has 8 heteroatoms. The Morgan fingerprint density at radius 3 is 2.44 bits per heavy atom. The van der Waals surface area contributed by atoms with E-state index in [9.17, 15) is 19.8 Å². The van der Waals surface area contributed by atoms with Gasteiger partial charge in [-0.1, -0.05) is 48.2 Å². The highest BCUT2D eigenvalue weighted by molar-refractivity contribution is 6.46. The topological polar surface area (TPSA) is 104 Å². The van der Waals surface area contributed by atoms with E-state index in [4.69, 9.17) is 9.47 Å². The first kappa shape index (κ1) is 27.7. The van der Waals surface area contributed by atoms with Crippen molar-refractivity contribution in [3.8, 4) is 17.2 Å². The number of nitrogens with zero attached hydrogens (tertiary/aromatic N) is 1. The first-order chi connectivity index (χ1) is 18.7. The summed E-state index contributed by atoms with van der Waals surface area (Å²) in [7, 11) is 5.44. The van der Waals surface area contributed by atoms with E-state index in [0.717, 1.165) is 17.7 Å². The van der Waals surface area contributed by atoms with Gasteiger partial charge in [0.2, 0.25) is 5.78 Å². The fraction of sp³-hybridized carbons (Fsp3) is 0.290. The SMILES string of the molecule is COc1cc(C2/C(=C(\[O-])c3ccc(OCc4ccccc4)c(C)c3)C(=O)C(=O)N2CCC[NH+](C)C)ccc1O. The Morgan fingerprint density at radius 2 is 1.77 bits per heavy atom. The molecule has 1 atom stereocenters. The van der Waals surface area contributed by atoms with Gasteiger partial charge in [0.05, 0.1) is 33.8 Å². The van der Waals surface area contributed by atoms with E-state index in [-0.39, 0.29) is 17.1 Å². The number of methoxy groups -OCH3 is 1. The van der Waals surface area contributed by atoms with Gasteiger partial charge in [0, 0.05) is 18.5 Å². The van der Waals surface area contributed by atoms with Crippen LogP contribution in [0.1, 0.15) is 34.7 Å². The van der Waals surface area contributed by atoms with Crippen molar-refractivity contribution in [2.24, 2.45) is 0 Å². The molecule has 3 aromatic carbocycles. The van der Waals surface area contributed by atoms with Crippen molar-refractivity contribution in [2.45, 2.75) is 26.0 Å². The molecule has 204 valence electrons. The van der Waals surface area contributed by atoms with Gasteiger partial charge < -0.3 is 29.5 Å². The second-order valence-electron chi connectivity index (χ2n) is 9.97. The van der Waals surface area contributed by atoms with Crippen molar-refractivity contribution >= 4 is 17.4 Å². The van der Waals surface area contributed by atoms with Crippen LogP contribution in [0.25, 0.3) is 5.76 Å². The Kier molecular flexibility index (Phi) is 8.56. The van der Waals surface area contributed by atoms with Crippen LogP contribution in [0.4, 0.5) is 0 Å². The molecular weight excluding hydrogens is 496 g/mol. The lowest BCUT2D eigenvalue weighted by Gasteiger charge is -2.28. The van der Waals surface area contributed by atoms with Crippen LogP contribution in [0.15, 0.2) is 72.3 Å². The number of carbonyl (C=O) groups is 2. The number of benzene rings is 3. The first-order valence-electron chi connectivity index (χ1n) is 12.9. The van der Waals surface area contributed by atoms with E-state index in [1.165, 1.54) is 23.0 Å². The van der Waals surface area contributed by atoms with Crippen LogP contribution < -0.4 is 19.5 Å². The molecular formula is C31H34N2O6. The maximum atomic E-state index is 13.8. The first-order valence-corrected chi connectivity index (χ1v) is 12.9. The van der Waals surface area contributed by atoms with Crippen LogP contribution >= 0.6 is 0 Å². The molecule has 1 unspecified atom stereocenters. The Morgan fingerprint density at radius 1 is 1.03 bits per heavy atom. The number of nitrogens with one attached hydrogen (secondary N) is 1. The molecule has 2 N–H and O–H groups in total. The third-order valence-electron chi connectivity index (χ3n) is 6.80. The zero-order valence-electron chi connectivity index (χ0n) is 22.7. The van der Waals surface area contributed by atoms with Crippen molar-refractivity contribution in [1.82, 2.24) is 4.90 Å². The molecule has 1 aliphatic rings. The van der Waals surface area contributed by atoms with Gasteiger partial charge in [-0.3, -0.25) is 9.59 Å².